The number of nitrogens with zero attached hydrogens (tertiary/aromatic N) is 2. The Morgan fingerprint density at radius 1 is 0.652 bits per heavy atom. The van der Waals surface area contributed by atoms with Gasteiger partial charge < -0.3 is 4.57 Å². The maximum Gasteiger partial charge on any atom is 0.112 e. The molecule has 138 valence electrons. The predicted octanol–water partition coefficient (Wildman–Crippen LogP) is 7.52. The van der Waals surface area contributed by atoms with Crippen molar-refractivity contribution in [3.05, 3.63) is 17.2 Å². The first-order valence-electron chi connectivity index (χ1n) is 9.62. The van der Waals surface area contributed by atoms with E-state index >= 15 is 0 Å². The normalized spacial score (nSPS) is 11.0. The standard InChI is InChI=1S/C15H28N2.C4H10.C2H6/c1-9(2)13-14(10(3)4)17(12(7)8)15(16-13)11(5)6;1-4(2)3;1-2/h9-12H,1-8H3;4H,1-3H3;1-2H3. The molecule has 0 bridgehead atoms. The Balaban J connectivity index is 0. The molecule has 0 saturated heterocycles. The zero-order valence-corrected chi connectivity index (χ0v) is 18.3. The smallest absolute Gasteiger partial charge is 0.112 e. The second-order valence-electron chi connectivity index (χ2n) is 7.90. The Bertz CT molecular complexity index is 372. The van der Waals surface area contributed by atoms with Crippen molar-refractivity contribution in [2.75, 3.05) is 0 Å². The average molecular weight is 325 g/mol. The van der Waals surface area contributed by atoms with E-state index in [1.54, 1.807) is 0 Å². The van der Waals surface area contributed by atoms with E-state index < -0.39 is 0 Å². The molecular weight excluding hydrogens is 280 g/mol. The number of imidazole rings is 1. The molecule has 2 heteroatoms. The molecule has 0 N–H and O–H groups in total. The lowest BCUT2D eigenvalue weighted by Gasteiger charge is -2.20. The highest BCUT2D eigenvalue weighted by Crippen LogP contribution is 2.32. The Hall–Kier alpha value is -0.790. The molecule has 1 heterocycles. The molecule has 0 aromatic carbocycles. The lowest BCUT2D eigenvalue weighted by atomic mass is 10.0. The van der Waals surface area contributed by atoms with Gasteiger partial charge in [-0.1, -0.05) is 76.2 Å². The Kier molecular flexibility index (Phi) is 12.4. The molecule has 1 aromatic heterocycles. The number of hydrogen-bond acceptors (Lipinski definition) is 1. The van der Waals surface area contributed by atoms with Gasteiger partial charge in [0, 0.05) is 17.7 Å². The second-order valence-corrected chi connectivity index (χ2v) is 7.90. The Morgan fingerprint density at radius 3 is 1.26 bits per heavy atom. The summed E-state index contributed by atoms with van der Waals surface area (Å²) in [7, 11) is 0. The third kappa shape index (κ3) is 8.04. The third-order valence-corrected chi connectivity index (χ3v) is 3.13. The summed E-state index contributed by atoms with van der Waals surface area (Å²) in [4.78, 5) is 4.91. The van der Waals surface area contributed by atoms with Gasteiger partial charge >= 0.3 is 0 Å². The van der Waals surface area contributed by atoms with Gasteiger partial charge in [0.15, 0.2) is 0 Å². The first-order valence-corrected chi connectivity index (χ1v) is 9.62. The minimum Gasteiger partial charge on any atom is -0.329 e. The van der Waals surface area contributed by atoms with E-state index in [2.05, 4.69) is 80.7 Å². The minimum atomic E-state index is 0.488. The van der Waals surface area contributed by atoms with E-state index in [4.69, 9.17) is 4.98 Å². The average Bonchev–Trinajstić information content (AvgIpc) is 2.81. The van der Waals surface area contributed by atoms with Crippen LogP contribution in [0, 0.1) is 5.92 Å². The van der Waals surface area contributed by atoms with Crippen LogP contribution in [0.15, 0.2) is 0 Å². The molecule has 0 fully saturated rings. The van der Waals surface area contributed by atoms with Gasteiger partial charge in [0.2, 0.25) is 0 Å². The molecule has 1 rings (SSSR count). The SMILES string of the molecule is CC.CC(C)C.CC(C)c1nc(C(C)C)n(C(C)C)c1C(C)C. The number of rotatable bonds is 4. The van der Waals surface area contributed by atoms with Crippen molar-refractivity contribution in [3.8, 4) is 0 Å². The van der Waals surface area contributed by atoms with Crippen LogP contribution in [0.5, 0.6) is 0 Å². The highest BCUT2D eigenvalue weighted by atomic mass is 15.1. The first kappa shape index (κ1) is 24.5. The monoisotopic (exact) mass is 324 g/mol. The third-order valence-electron chi connectivity index (χ3n) is 3.13. The van der Waals surface area contributed by atoms with Crippen LogP contribution in [0.1, 0.15) is 131 Å². The lowest BCUT2D eigenvalue weighted by Crippen LogP contribution is -2.12. The van der Waals surface area contributed by atoms with Crippen molar-refractivity contribution in [3.63, 3.8) is 0 Å². The fourth-order valence-electron chi connectivity index (χ4n) is 2.43. The summed E-state index contributed by atoms with van der Waals surface area (Å²) < 4.78 is 2.45. The largest absolute Gasteiger partial charge is 0.329 e. The van der Waals surface area contributed by atoms with E-state index in [1.807, 2.05) is 13.8 Å². The van der Waals surface area contributed by atoms with Gasteiger partial charge in [-0.2, -0.15) is 0 Å². The second kappa shape index (κ2) is 11.7. The fourth-order valence-corrected chi connectivity index (χ4v) is 2.43. The number of aromatic nitrogens is 2. The number of hydrogen-bond donors (Lipinski definition) is 0. The van der Waals surface area contributed by atoms with Crippen LogP contribution in [-0.2, 0) is 0 Å². The van der Waals surface area contributed by atoms with Gasteiger partial charge in [-0.05, 0) is 31.6 Å². The molecule has 2 nitrogen and oxygen atoms in total. The van der Waals surface area contributed by atoms with E-state index in [9.17, 15) is 0 Å². The molecule has 0 unspecified atom stereocenters. The van der Waals surface area contributed by atoms with Crippen molar-refractivity contribution >= 4 is 0 Å². The molecule has 1 aromatic rings. The summed E-state index contributed by atoms with van der Waals surface area (Å²) in [6.45, 7) is 28.5. The van der Waals surface area contributed by atoms with Gasteiger partial charge in [0.25, 0.3) is 0 Å². The summed E-state index contributed by atoms with van der Waals surface area (Å²) in [5.41, 5.74) is 2.72. The van der Waals surface area contributed by atoms with Crippen LogP contribution in [-0.4, -0.2) is 9.55 Å². The summed E-state index contributed by atoms with van der Waals surface area (Å²) >= 11 is 0. The van der Waals surface area contributed by atoms with Crippen LogP contribution in [0.3, 0.4) is 0 Å². The van der Waals surface area contributed by atoms with Crippen molar-refractivity contribution < 1.29 is 0 Å². The summed E-state index contributed by atoms with van der Waals surface area (Å²) in [5.74, 6) is 3.61. The fraction of sp³-hybridized carbons (Fsp3) is 0.857. The van der Waals surface area contributed by atoms with E-state index in [0.717, 1.165) is 5.92 Å². The van der Waals surface area contributed by atoms with E-state index in [0.29, 0.717) is 23.8 Å². The molecule has 0 aliphatic rings. The first-order chi connectivity index (χ1) is 10.5. The minimum absolute atomic E-state index is 0.488. The van der Waals surface area contributed by atoms with Crippen molar-refractivity contribution in [2.45, 2.75) is 114 Å². The topological polar surface area (TPSA) is 17.8 Å². The molecule has 0 radical (unpaired) electrons. The van der Waals surface area contributed by atoms with Crippen LogP contribution in [0.25, 0.3) is 0 Å². The van der Waals surface area contributed by atoms with Gasteiger partial charge in [0.05, 0.1) is 5.69 Å². The molecule has 0 aliphatic heterocycles. The highest BCUT2D eigenvalue weighted by molar-refractivity contribution is 5.25. The quantitative estimate of drug-likeness (QED) is 0.560. The Morgan fingerprint density at radius 2 is 1.04 bits per heavy atom. The zero-order chi connectivity index (χ0) is 18.9. The lowest BCUT2D eigenvalue weighted by molar-refractivity contribution is 0.517. The predicted molar refractivity (Wildman–Crippen MR) is 107 cm³/mol. The van der Waals surface area contributed by atoms with Gasteiger partial charge in [-0.25, -0.2) is 4.98 Å². The Labute approximate surface area is 147 Å². The van der Waals surface area contributed by atoms with Crippen LogP contribution < -0.4 is 0 Å². The molecule has 0 atom stereocenters. The zero-order valence-electron chi connectivity index (χ0n) is 18.3. The summed E-state index contributed by atoms with van der Waals surface area (Å²) in [5, 5.41) is 0. The van der Waals surface area contributed by atoms with Crippen LogP contribution >= 0.6 is 0 Å². The van der Waals surface area contributed by atoms with E-state index in [-0.39, 0.29) is 0 Å². The van der Waals surface area contributed by atoms with Gasteiger partial charge in [-0.15, -0.1) is 0 Å². The molecule has 0 aliphatic carbocycles. The summed E-state index contributed by atoms with van der Waals surface area (Å²) in [6.07, 6.45) is 0. The maximum atomic E-state index is 4.91. The van der Waals surface area contributed by atoms with Crippen molar-refractivity contribution in [1.29, 1.82) is 0 Å². The van der Waals surface area contributed by atoms with Gasteiger partial charge in [-0.3, -0.25) is 0 Å². The highest BCUT2D eigenvalue weighted by Gasteiger charge is 2.23. The molecule has 0 saturated carbocycles. The molecular formula is C21H44N2. The molecule has 0 spiro atoms. The van der Waals surface area contributed by atoms with Crippen LogP contribution in [0.4, 0.5) is 0 Å². The van der Waals surface area contributed by atoms with Crippen LogP contribution in [0.2, 0.25) is 0 Å². The summed E-state index contributed by atoms with van der Waals surface area (Å²) in [6, 6.07) is 0.491. The maximum absolute atomic E-state index is 4.91. The van der Waals surface area contributed by atoms with Crippen molar-refractivity contribution in [2.24, 2.45) is 5.92 Å². The molecule has 0 amide bonds. The van der Waals surface area contributed by atoms with E-state index in [1.165, 1.54) is 17.2 Å². The molecule has 23 heavy (non-hydrogen) atoms. The van der Waals surface area contributed by atoms with Gasteiger partial charge in [0.1, 0.15) is 5.82 Å². The van der Waals surface area contributed by atoms with Crippen molar-refractivity contribution in [1.82, 2.24) is 9.55 Å².